The monoisotopic (exact) mass is 165 g/mol. The number of hydrogen-bond acceptors (Lipinski definition) is 4. The predicted octanol–water partition coefficient (Wildman–Crippen LogP) is 0.345. The number of rotatable bonds is 2. The Morgan fingerprint density at radius 3 is 2.92 bits per heavy atom. The molecule has 1 heterocycles. The molecule has 0 spiro atoms. The highest BCUT2D eigenvalue weighted by molar-refractivity contribution is 5.06. The summed E-state index contributed by atoms with van der Waals surface area (Å²) in [5, 5.41) is 0. The lowest BCUT2D eigenvalue weighted by molar-refractivity contribution is 0.0957. The lowest BCUT2D eigenvalue weighted by atomic mass is 9.90. The molecule has 0 aromatic carbocycles. The lowest BCUT2D eigenvalue weighted by Gasteiger charge is -2.31. The van der Waals surface area contributed by atoms with Crippen molar-refractivity contribution < 1.29 is 4.74 Å². The number of nitrogens with two attached hydrogens (primary N) is 1. The van der Waals surface area contributed by atoms with E-state index in [1.165, 1.54) is 6.33 Å². The molecule has 2 N–H and O–H groups in total. The van der Waals surface area contributed by atoms with Gasteiger partial charge in [0.1, 0.15) is 12.4 Å². The summed E-state index contributed by atoms with van der Waals surface area (Å²) in [4.78, 5) is 7.75. The molecule has 1 fully saturated rings. The normalized spacial score (nSPS) is 27.8. The van der Waals surface area contributed by atoms with Crippen LogP contribution in [0.4, 0.5) is 0 Å². The molecule has 1 aromatic rings. The maximum absolute atomic E-state index is 5.61. The van der Waals surface area contributed by atoms with E-state index in [0.717, 1.165) is 12.8 Å². The van der Waals surface area contributed by atoms with Gasteiger partial charge in [-0.25, -0.2) is 9.97 Å². The van der Waals surface area contributed by atoms with E-state index < -0.39 is 0 Å². The Bertz CT molecular complexity index is 246. The van der Waals surface area contributed by atoms with Crippen molar-refractivity contribution in [3.8, 4) is 5.88 Å². The zero-order chi connectivity index (χ0) is 8.39. The van der Waals surface area contributed by atoms with Gasteiger partial charge in [0, 0.05) is 18.3 Å². The molecule has 1 aromatic heterocycles. The molecule has 0 atom stereocenters. The first kappa shape index (κ1) is 7.49. The predicted molar refractivity (Wildman–Crippen MR) is 43.7 cm³/mol. The molecule has 0 unspecified atom stereocenters. The van der Waals surface area contributed by atoms with Gasteiger partial charge in [-0.2, -0.15) is 0 Å². The highest BCUT2D eigenvalue weighted by atomic mass is 16.5. The van der Waals surface area contributed by atoms with Gasteiger partial charge in [0.2, 0.25) is 5.88 Å². The fraction of sp³-hybridized carbons (Fsp3) is 0.500. The average molecular weight is 165 g/mol. The minimum absolute atomic E-state index is 0.259. The Kier molecular flexibility index (Phi) is 1.91. The third kappa shape index (κ3) is 1.53. The van der Waals surface area contributed by atoms with Crippen LogP contribution in [-0.4, -0.2) is 22.1 Å². The highest BCUT2D eigenvalue weighted by Crippen LogP contribution is 2.22. The molecule has 1 aliphatic carbocycles. The molecule has 0 aliphatic heterocycles. The maximum atomic E-state index is 5.61. The Balaban J connectivity index is 1.88. The van der Waals surface area contributed by atoms with Crippen LogP contribution in [0.25, 0.3) is 0 Å². The second kappa shape index (κ2) is 3.06. The molecular formula is C8H11N3O. The number of ether oxygens (including phenoxy) is 1. The van der Waals surface area contributed by atoms with Gasteiger partial charge in [0.15, 0.2) is 0 Å². The van der Waals surface area contributed by atoms with Crippen LogP contribution in [0.1, 0.15) is 12.8 Å². The second-order valence-corrected chi connectivity index (χ2v) is 3.02. The van der Waals surface area contributed by atoms with E-state index in [1.54, 1.807) is 12.3 Å². The van der Waals surface area contributed by atoms with E-state index in [0.29, 0.717) is 11.9 Å². The zero-order valence-electron chi connectivity index (χ0n) is 6.68. The van der Waals surface area contributed by atoms with Crippen LogP contribution >= 0.6 is 0 Å². The highest BCUT2D eigenvalue weighted by Gasteiger charge is 2.27. The standard InChI is InChI=1S/C8H11N3O/c9-6-3-7(4-6)12-8-1-2-10-5-11-8/h1-2,5-7H,3-4,9H2. The van der Waals surface area contributed by atoms with E-state index >= 15 is 0 Å². The fourth-order valence-corrected chi connectivity index (χ4v) is 1.22. The Morgan fingerprint density at radius 1 is 1.50 bits per heavy atom. The first-order valence-electron chi connectivity index (χ1n) is 4.03. The smallest absolute Gasteiger partial charge is 0.216 e. The van der Waals surface area contributed by atoms with Crippen LogP contribution in [0, 0.1) is 0 Å². The van der Waals surface area contributed by atoms with Crippen LogP contribution in [0.3, 0.4) is 0 Å². The summed E-state index contributed by atoms with van der Waals surface area (Å²) in [6.07, 6.45) is 5.28. The third-order valence-corrected chi connectivity index (χ3v) is 1.97. The first-order valence-corrected chi connectivity index (χ1v) is 4.03. The van der Waals surface area contributed by atoms with Crippen LogP contribution in [0.5, 0.6) is 5.88 Å². The molecular weight excluding hydrogens is 154 g/mol. The number of hydrogen-bond donors (Lipinski definition) is 1. The molecule has 4 heteroatoms. The van der Waals surface area contributed by atoms with Gasteiger partial charge in [-0.1, -0.05) is 0 Å². The SMILES string of the molecule is NC1CC(Oc2ccncn2)C1. The summed E-state index contributed by atoms with van der Waals surface area (Å²) in [7, 11) is 0. The number of aromatic nitrogens is 2. The maximum Gasteiger partial charge on any atom is 0.216 e. The van der Waals surface area contributed by atoms with Gasteiger partial charge in [-0.15, -0.1) is 0 Å². The molecule has 4 nitrogen and oxygen atoms in total. The third-order valence-electron chi connectivity index (χ3n) is 1.97. The Hall–Kier alpha value is -1.16. The van der Waals surface area contributed by atoms with Gasteiger partial charge in [-0.05, 0) is 12.8 Å². The summed E-state index contributed by atoms with van der Waals surface area (Å²) in [5.41, 5.74) is 5.61. The molecule has 2 rings (SSSR count). The van der Waals surface area contributed by atoms with Crippen molar-refractivity contribution >= 4 is 0 Å². The average Bonchev–Trinajstić information content (AvgIpc) is 2.04. The molecule has 1 aliphatic rings. The van der Waals surface area contributed by atoms with Crippen molar-refractivity contribution in [1.82, 2.24) is 9.97 Å². The minimum Gasteiger partial charge on any atom is -0.474 e. The molecule has 0 bridgehead atoms. The second-order valence-electron chi connectivity index (χ2n) is 3.02. The molecule has 0 saturated heterocycles. The fourth-order valence-electron chi connectivity index (χ4n) is 1.22. The Labute approximate surface area is 70.8 Å². The first-order chi connectivity index (χ1) is 5.84. The minimum atomic E-state index is 0.259. The van der Waals surface area contributed by atoms with Crippen molar-refractivity contribution in [3.63, 3.8) is 0 Å². The summed E-state index contributed by atoms with van der Waals surface area (Å²) in [6.45, 7) is 0. The van der Waals surface area contributed by atoms with E-state index in [1.807, 2.05) is 0 Å². The van der Waals surface area contributed by atoms with Crippen molar-refractivity contribution in [3.05, 3.63) is 18.6 Å². The summed E-state index contributed by atoms with van der Waals surface area (Å²) >= 11 is 0. The van der Waals surface area contributed by atoms with Crippen LogP contribution in [0.15, 0.2) is 18.6 Å². The van der Waals surface area contributed by atoms with E-state index in [2.05, 4.69) is 9.97 Å². The van der Waals surface area contributed by atoms with Crippen molar-refractivity contribution in [1.29, 1.82) is 0 Å². The number of nitrogens with zero attached hydrogens (tertiary/aromatic N) is 2. The van der Waals surface area contributed by atoms with Crippen LogP contribution in [0.2, 0.25) is 0 Å². The van der Waals surface area contributed by atoms with Crippen molar-refractivity contribution in [2.24, 2.45) is 5.73 Å². The molecule has 0 radical (unpaired) electrons. The van der Waals surface area contributed by atoms with Crippen LogP contribution in [-0.2, 0) is 0 Å². The molecule has 12 heavy (non-hydrogen) atoms. The van der Waals surface area contributed by atoms with Gasteiger partial charge < -0.3 is 10.5 Å². The van der Waals surface area contributed by atoms with E-state index in [9.17, 15) is 0 Å². The summed E-state index contributed by atoms with van der Waals surface area (Å²) in [5.74, 6) is 0.641. The Morgan fingerprint density at radius 2 is 2.33 bits per heavy atom. The van der Waals surface area contributed by atoms with Crippen molar-refractivity contribution in [2.45, 2.75) is 25.0 Å². The topological polar surface area (TPSA) is 61.0 Å². The van der Waals surface area contributed by atoms with E-state index in [-0.39, 0.29) is 6.10 Å². The largest absolute Gasteiger partial charge is 0.474 e. The quantitative estimate of drug-likeness (QED) is 0.686. The van der Waals surface area contributed by atoms with Crippen LogP contribution < -0.4 is 10.5 Å². The van der Waals surface area contributed by atoms with Gasteiger partial charge >= 0.3 is 0 Å². The lowest BCUT2D eigenvalue weighted by Crippen LogP contribution is -2.43. The molecule has 64 valence electrons. The van der Waals surface area contributed by atoms with Crippen molar-refractivity contribution in [2.75, 3.05) is 0 Å². The molecule has 0 amide bonds. The van der Waals surface area contributed by atoms with Gasteiger partial charge in [-0.3, -0.25) is 0 Å². The molecule has 1 saturated carbocycles. The zero-order valence-corrected chi connectivity index (χ0v) is 6.68. The summed E-state index contributed by atoms with van der Waals surface area (Å²) in [6, 6.07) is 2.07. The van der Waals surface area contributed by atoms with Gasteiger partial charge in [0.05, 0.1) is 0 Å². The van der Waals surface area contributed by atoms with Gasteiger partial charge in [0.25, 0.3) is 0 Å². The van der Waals surface area contributed by atoms with E-state index in [4.69, 9.17) is 10.5 Å². The summed E-state index contributed by atoms with van der Waals surface area (Å²) < 4.78 is 5.49.